The van der Waals surface area contributed by atoms with E-state index in [4.69, 9.17) is 0 Å². The second-order valence-electron chi connectivity index (χ2n) is 5.86. The first kappa shape index (κ1) is 15.2. The zero-order chi connectivity index (χ0) is 16.4. The third-order valence-corrected chi connectivity index (χ3v) is 4.31. The lowest BCUT2D eigenvalue weighted by Gasteiger charge is -2.32. The number of nitro groups is 1. The van der Waals surface area contributed by atoms with Gasteiger partial charge in [-0.05, 0) is 38.0 Å². The molecule has 0 spiro atoms. The van der Waals surface area contributed by atoms with E-state index in [2.05, 4.69) is 10.2 Å². The van der Waals surface area contributed by atoms with Crippen LogP contribution < -0.4 is 0 Å². The topological polar surface area (TPSA) is 92.1 Å². The molecule has 0 saturated carbocycles. The van der Waals surface area contributed by atoms with Crippen molar-refractivity contribution in [3.63, 3.8) is 0 Å². The lowest BCUT2D eigenvalue weighted by Crippen LogP contribution is -2.39. The minimum atomic E-state index is -0.432. The number of aryl methyl sites for hydroxylation is 1. The molecular weight excluding hydrogens is 296 g/mol. The Hall–Kier alpha value is -2.70. The van der Waals surface area contributed by atoms with Crippen molar-refractivity contribution < 1.29 is 9.72 Å². The van der Waals surface area contributed by atoms with E-state index in [0.717, 1.165) is 18.5 Å². The Morgan fingerprint density at radius 1 is 1.43 bits per heavy atom. The van der Waals surface area contributed by atoms with Gasteiger partial charge >= 0.3 is 0 Å². The number of piperidine rings is 1. The highest BCUT2D eigenvalue weighted by atomic mass is 16.6. The molecule has 1 aliphatic rings. The number of aromatic nitrogens is 2. The predicted molar refractivity (Wildman–Crippen MR) is 84.3 cm³/mol. The molecule has 7 heteroatoms. The average molecular weight is 314 g/mol. The number of hydrogen-bond acceptors (Lipinski definition) is 4. The zero-order valence-corrected chi connectivity index (χ0v) is 12.9. The van der Waals surface area contributed by atoms with Gasteiger partial charge in [-0.15, -0.1) is 0 Å². The summed E-state index contributed by atoms with van der Waals surface area (Å²) in [6, 6.07) is 6.47. The van der Waals surface area contributed by atoms with Crippen LogP contribution >= 0.6 is 0 Å². The molecule has 0 bridgehead atoms. The van der Waals surface area contributed by atoms with Crippen LogP contribution in [0.4, 0.5) is 5.69 Å². The van der Waals surface area contributed by atoms with Crippen molar-refractivity contribution in [1.29, 1.82) is 0 Å². The Morgan fingerprint density at radius 3 is 2.91 bits per heavy atom. The molecule has 1 amide bonds. The first-order valence-electron chi connectivity index (χ1n) is 7.60. The van der Waals surface area contributed by atoms with Crippen molar-refractivity contribution in [2.75, 3.05) is 13.1 Å². The van der Waals surface area contributed by atoms with Gasteiger partial charge < -0.3 is 4.90 Å². The fraction of sp³-hybridized carbons (Fsp3) is 0.375. The van der Waals surface area contributed by atoms with Gasteiger partial charge in [0, 0.05) is 48.1 Å². The van der Waals surface area contributed by atoms with Crippen LogP contribution in [0.3, 0.4) is 0 Å². The Labute approximate surface area is 133 Å². The van der Waals surface area contributed by atoms with Crippen LogP contribution in [-0.2, 0) is 0 Å². The molecule has 1 atom stereocenters. The van der Waals surface area contributed by atoms with E-state index in [1.54, 1.807) is 19.2 Å². The summed E-state index contributed by atoms with van der Waals surface area (Å²) >= 11 is 0. The average Bonchev–Trinajstić information content (AvgIpc) is 3.08. The summed E-state index contributed by atoms with van der Waals surface area (Å²) in [6.07, 6.45) is 3.67. The Balaban J connectivity index is 1.77. The second-order valence-corrected chi connectivity index (χ2v) is 5.86. The number of nitro benzene ring substituents is 1. The predicted octanol–water partition coefficient (Wildman–Crippen LogP) is 2.65. The second kappa shape index (κ2) is 6.20. The molecule has 1 aromatic heterocycles. The minimum absolute atomic E-state index is 0.0375. The Kier molecular flexibility index (Phi) is 4.10. The van der Waals surface area contributed by atoms with Crippen LogP contribution in [0, 0.1) is 17.0 Å². The summed E-state index contributed by atoms with van der Waals surface area (Å²) in [5.41, 5.74) is 2.08. The summed E-state index contributed by atoms with van der Waals surface area (Å²) in [5, 5.41) is 17.8. The quantitative estimate of drug-likeness (QED) is 0.696. The summed E-state index contributed by atoms with van der Waals surface area (Å²) in [4.78, 5) is 24.9. The largest absolute Gasteiger partial charge is 0.338 e. The SMILES string of the molecule is Cc1cc(C(=O)N2CCCC(c3ccn[nH]3)C2)ccc1[N+](=O)[O-]. The minimum Gasteiger partial charge on any atom is -0.338 e. The lowest BCUT2D eigenvalue weighted by atomic mass is 9.94. The number of nitrogens with zero attached hydrogens (tertiary/aromatic N) is 3. The third-order valence-electron chi connectivity index (χ3n) is 4.31. The van der Waals surface area contributed by atoms with Gasteiger partial charge in [-0.25, -0.2) is 0 Å². The van der Waals surface area contributed by atoms with Crippen molar-refractivity contribution in [3.05, 3.63) is 57.4 Å². The van der Waals surface area contributed by atoms with Crippen LogP contribution in [0.2, 0.25) is 0 Å². The van der Waals surface area contributed by atoms with Crippen LogP contribution in [-0.4, -0.2) is 39.0 Å². The van der Waals surface area contributed by atoms with Gasteiger partial charge in [-0.2, -0.15) is 5.10 Å². The van der Waals surface area contributed by atoms with Gasteiger partial charge in [0.2, 0.25) is 0 Å². The van der Waals surface area contributed by atoms with Crippen LogP contribution in [0.15, 0.2) is 30.5 Å². The maximum absolute atomic E-state index is 12.7. The van der Waals surface area contributed by atoms with Gasteiger partial charge in [0.05, 0.1) is 4.92 Å². The highest BCUT2D eigenvalue weighted by molar-refractivity contribution is 5.94. The normalized spacial score (nSPS) is 18.0. The molecule has 23 heavy (non-hydrogen) atoms. The molecule has 1 unspecified atom stereocenters. The number of likely N-dealkylation sites (tertiary alicyclic amines) is 1. The van der Waals surface area contributed by atoms with E-state index in [1.807, 2.05) is 11.0 Å². The molecule has 1 aromatic carbocycles. The number of amides is 1. The number of benzene rings is 1. The van der Waals surface area contributed by atoms with Crippen molar-refractivity contribution in [1.82, 2.24) is 15.1 Å². The molecule has 0 radical (unpaired) electrons. The number of H-pyrrole nitrogens is 1. The molecular formula is C16H18N4O3. The van der Waals surface area contributed by atoms with Crippen LogP contribution in [0.25, 0.3) is 0 Å². The van der Waals surface area contributed by atoms with E-state index in [0.29, 0.717) is 24.2 Å². The summed E-state index contributed by atoms with van der Waals surface area (Å²) in [5.74, 6) is 0.182. The van der Waals surface area contributed by atoms with E-state index in [-0.39, 0.29) is 17.5 Å². The van der Waals surface area contributed by atoms with Crippen LogP contribution in [0.1, 0.15) is 40.4 Å². The van der Waals surface area contributed by atoms with E-state index >= 15 is 0 Å². The fourth-order valence-corrected chi connectivity index (χ4v) is 3.09. The number of carbonyl (C=O) groups excluding carboxylic acids is 1. The van der Waals surface area contributed by atoms with Gasteiger partial charge in [-0.1, -0.05) is 0 Å². The number of carbonyl (C=O) groups is 1. The fourth-order valence-electron chi connectivity index (χ4n) is 3.09. The molecule has 7 nitrogen and oxygen atoms in total. The summed E-state index contributed by atoms with van der Waals surface area (Å²) < 4.78 is 0. The zero-order valence-electron chi connectivity index (χ0n) is 12.9. The molecule has 1 N–H and O–H groups in total. The molecule has 1 saturated heterocycles. The number of hydrogen-bond donors (Lipinski definition) is 1. The van der Waals surface area contributed by atoms with E-state index in [9.17, 15) is 14.9 Å². The maximum Gasteiger partial charge on any atom is 0.272 e. The molecule has 0 aliphatic carbocycles. The van der Waals surface area contributed by atoms with Crippen molar-refractivity contribution >= 4 is 11.6 Å². The highest BCUT2D eigenvalue weighted by Gasteiger charge is 2.26. The molecule has 3 rings (SSSR count). The van der Waals surface area contributed by atoms with Crippen molar-refractivity contribution in [2.45, 2.75) is 25.7 Å². The first-order valence-corrected chi connectivity index (χ1v) is 7.60. The Bertz CT molecular complexity index is 727. The summed E-state index contributed by atoms with van der Waals surface area (Å²) in [7, 11) is 0. The number of aromatic amines is 1. The standard InChI is InChI=1S/C16H18N4O3/c1-11-9-12(4-5-15(11)20(22)23)16(21)19-8-2-3-13(10-19)14-6-7-17-18-14/h4-7,9,13H,2-3,8,10H2,1H3,(H,17,18). The van der Waals surface area contributed by atoms with Crippen LogP contribution in [0.5, 0.6) is 0 Å². The van der Waals surface area contributed by atoms with Crippen molar-refractivity contribution in [3.8, 4) is 0 Å². The number of nitrogens with one attached hydrogen (secondary N) is 1. The monoisotopic (exact) mass is 314 g/mol. The van der Waals surface area contributed by atoms with Gasteiger partial charge in [0.15, 0.2) is 0 Å². The smallest absolute Gasteiger partial charge is 0.272 e. The molecule has 2 aromatic rings. The molecule has 1 fully saturated rings. The molecule has 1 aliphatic heterocycles. The summed E-state index contributed by atoms with van der Waals surface area (Å²) in [6.45, 7) is 3.00. The van der Waals surface area contributed by atoms with E-state index < -0.39 is 4.92 Å². The van der Waals surface area contributed by atoms with Gasteiger partial charge in [0.25, 0.3) is 11.6 Å². The van der Waals surface area contributed by atoms with Gasteiger partial charge in [0.1, 0.15) is 0 Å². The first-order chi connectivity index (χ1) is 11.1. The highest BCUT2D eigenvalue weighted by Crippen LogP contribution is 2.27. The molecule has 2 heterocycles. The van der Waals surface area contributed by atoms with E-state index in [1.165, 1.54) is 12.1 Å². The maximum atomic E-state index is 12.7. The van der Waals surface area contributed by atoms with Gasteiger partial charge in [-0.3, -0.25) is 20.0 Å². The number of rotatable bonds is 3. The molecule has 120 valence electrons. The lowest BCUT2D eigenvalue weighted by molar-refractivity contribution is -0.385. The third kappa shape index (κ3) is 3.08. The Morgan fingerprint density at radius 2 is 2.26 bits per heavy atom. The van der Waals surface area contributed by atoms with Crippen molar-refractivity contribution in [2.24, 2.45) is 0 Å².